The lowest BCUT2D eigenvalue weighted by molar-refractivity contribution is 0.660. The highest BCUT2D eigenvalue weighted by Crippen LogP contribution is 2.53. The van der Waals surface area contributed by atoms with E-state index < -0.39 is 0 Å². The third-order valence-electron chi connectivity index (χ3n) is 18.0. The molecule has 0 saturated heterocycles. The number of para-hydroxylation sites is 2. The third kappa shape index (κ3) is 6.51. The van der Waals surface area contributed by atoms with Crippen LogP contribution in [0, 0.1) is 0 Å². The Kier molecular flexibility index (Phi) is 9.47. The molecule has 0 atom stereocenters. The second-order valence-electron chi connectivity index (χ2n) is 23.3. The van der Waals surface area contributed by atoms with Crippen LogP contribution in [0.15, 0.2) is 237 Å². The molecule has 0 bridgehead atoms. The summed E-state index contributed by atoms with van der Waals surface area (Å²) in [7, 11) is 0. The fourth-order valence-electron chi connectivity index (χ4n) is 13.9. The Morgan fingerprint density at radius 1 is 0.224 bits per heavy atom. The van der Waals surface area contributed by atoms with Gasteiger partial charge in [-0.3, -0.25) is 0 Å². The summed E-state index contributed by atoms with van der Waals surface area (Å²) in [6.45, 7) is 14.3. The lowest BCUT2D eigenvalue weighted by atomic mass is 9.80. The lowest BCUT2D eigenvalue weighted by Gasteiger charge is -2.23. The largest absolute Gasteiger partial charge is 0.309 e. The summed E-state index contributed by atoms with van der Waals surface area (Å²) in [4.78, 5) is 0. The fourth-order valence-corrected chi connectivity index (χ4v) is 13.9. The van der Waals surface area contributed by atoms with Crippen LogP contribution in [0.4, 0.5) is 0 Å². The smallest absolute Gasteiger partial charge is 0.0547 e. The Hall–Kier alpha value is -8.78. The van der Waals surface area contributed by atoms with E-state index in [1.165, 1.54) is 144 Å². The molecule has 0 amide bonds. The van der Waals surface area contributed by atoms with Crippen molar-refractivity contribution in [1.29, 1.82) is 0 Å². The maximum Gasteiger partial charge on any atom is 0.0547 e. The normalized spacial score (nSPS) is 14.8. The Morgan fingerprint density at radius 3 is 0.974 bits per heavy atom. The second-order valence-corrected chi connectivity index (χ2v) is 23.3. The Bertz CT molecular complexity index is 4290. The highest BCUT2D eigenvalue weighted by molar-refractivity contribution is 6.10. The van der Waals surface area contributed by atoms with Crippen molar-refractivity contribution in [3.8, 4) is 94.7 Å². The molecule has 0 saturated carbocycles. The highest BCUT2D eigenvalue weighted by atomic mass is 15.0. The maximum absolute atomic E-state index is 2.48. The molecule has 0 spiro atoms. The Morgan fingerprint density at radius 2 is 0.539 bits per heavy atom. The van der Waals surface area contributed by atoms with Gasteiger partial charge in [0, 0.05) is 32.7 Å². The van der Waals surface area contributed by atoms with Gasteiger partial charge in [0.25, 0.3) is 0 Å². The summed E-state index contributed by atoms with van der Waals surface area (Å²) in [5.74, 6) is 0. The van der Waals surface area contributed by atoms with Crippen molar-refractivity contribution in [3.63, 3.8) is 0 Å². The van der Waals surface area contributed by atoms with Crippen LogP contribution in [-0.2, 0) is 16.2 Å². The quantitative estimate of drug-likeness (QED) is 0.156. The van der Waals surface area contributed by atoms with Crippen LogP contribution in [0.3, 0.4) is 0 Å². The summed E-state index contributed by atoms with van der Waals surface area (Å²) in [6, 6.07) is 89.9. The maximum atomic E-state index is 2.48. The molecule has 76 heavy (non-hydrogen) atoms. The molecule has 0 fully saturated rings. The van der Waals surface area contributed by atoms with E-state index in [0.717, 1.165) is 5.69 Å². The Labute approximate surface area is 446 Å². The van der Waals surface area contributed by atoms with Crippen molar-refractivity contribution in [3.05, 3.63) is 270 Å². The number of rotatable bonds is 6. The second kappa shape index (κ2) is 16.1. The van der Waals surface area contributed by atoms with Gasteiger partial charge in [-0.25, -0.2) is 0 Å². The average molecular weight is 972 g/mol. The summed E-state index contributed by atoms with van der Waals surface area (Å²) >= 11 is 0. The zero-order valence-electron chi connectivity index (χ0n) is 44.0. The zero-order chi connectivity index (χ0) is 51.2. The summed E-state index contributed by atoms with van der Waals surface area (Å²) in [6.07, 6.45) is 0. The number of hydrogen-bond acceptors (Lipinski definition) is 0. The van der Waals surface area contributed by atoms with E-state index in [1.807, 2.05) is 0 Å². The molecule has 1 heterocycles. The monoisotopic (exact) mass is 971 g/mol. The van der Waals surface area contributed by atoms with E-state index in [9.17, 15) is 0 Å². The minimum Gasteiger partial charge on any atom is -0.309 e. The molecule has 12 aromatic rings. The third-order valence-corrected chi connectivity index (χ3v) is 18.0. The van der Waals surface area contributed by atoms with Gasteiger partial charge in [0.05, 0.1) is 11.0 Å². The van der Waals surface area contributed by atoms with Crippen LogP contribution in [0.2, 0.25) is 0 Å². The zero-order valence-corrected chi connectivity index (χ0v) is 44.0. The van der Waals surface area contributed by atoms with Crippen LogP contribution >= 0.6 is 0 Å². The molecule has 1 heteroatoms. The standard InChI is InChI=1S/C75H57N/c1-73(2)65-24-14-10-20-57(65)60-32-28-46(42-68(60)73)50-36-51(47-29-33-61-58-21-11-15-25-66(58)74(3,4)69(61)43-47)39-54(38-50)55-40-52(48-30-34-62-59-22-12-16-26-67(59)75(5,6)70(62)44-48)37-53(41-55)49-31-35-64-63-23-13-17-27-71(63)76(72(64)45-49)56-18-8-7-9-19-56/h7-45H,1-6H3. The number of nitrogens with zero attached hydrogens (tertiary/aromatic N) is 1. The molecule has 3 aliphatic carbocycles. The molecule has 11 aromatic carbocycles. The van der Waals surface area contributed by atoms with Gasteiger partial charge in [0.1, 0.15) is 0 Å². The minimum atomic E-state index is -0.126. The van der Waals surface area contributed by atoms with Gasteiger partial charge in [-0.05, 0) is 201 Å². The number of benzene rings is 11. The van der Waals surface area contributed by atoms with Gasteiger partial charge >= 0.3 is 0 Å². The first-order valence-electron chi connectivity index (χ1n) is 27.1. The van der Waals surface area contributed by atoms with Gasteiger partial charge in [0.15, 0.2) is 0 Å². The Balaban J connectivity index is 0.962. The topological polar surface area (TPSA) is 4.93 Å². The van der Waals surface area contributed by atoms with Crippen LogP contribution < -0.4 is 0 Å². The first kappa shape index (κ1) is 44.7. The number of aromatic nitrogens is 1. The average Bonchev–Trinajstić information content (AvgIpc) is 4.10. The van der Waals surface area contributed by atoms with Crippen LogP contribution in [-0.4, -0.2) is 4.57 Å². The van der Waals surface area contributed by atoms with Crippen LogP contribution in [0.1, 0.15) is 74.9 Å². The predicted molar refractivity (Wildman–Crippen MR) is 321 cm³/mol. The van der Waals surface area contributed by atoms with E-state index in [4.69, 9.17) is 0 Å². The van der Waals surface area contributed by atoms with Gasteiger partial charge in [-0.1, -0.05) is 199 Å². The number of hydrogen-bond donors (Lipinski definition) is 0. The predicted octanol–water partition coefficient (Wildman–Crippen LogP) is 20.0. The van der Waals surface area contributed by atoms with E-state index in [-0.39, 0.29) is 16.2 Å². The first-order chi connectivity index (χ1) is 36.9. The SMILES string of the molecule is CC1(C)c2ccccc2-c2ccc(-c3cc(-c4cc(-c5ccc6c(c5)C(C)(C)c5ccccc5-6)cc(-c5ccc6c7ccccc7n(-c7ccccc7)c6c5)c4)cc(-c4ccc5c(c4)C(C)(C)c4ccccc4-5)c3)cc21. The van der Waals surface area contributed by atoms with Gasteiger partial charge in [0.2, 0.25) is 0 Å². The molecule has 1 nitrogen and oxygen atoms in total. The van der Waals surface area contributed by atoms with Gasteiger partial charge in [-0.2, -0.15) is 0 Å². The molecule has 0 aliphatic heterocycles. The molecular formula is C75H57N. The van der Waals surface area contributed by atoms with Crippen LogP contribution in [0.25, 0.3) is 117 Å². The molecule has 0 N–H and O–H groups in total. The van der Waals surface area contributed by atoms with Crippen molar-refractivity contribution in [1.82, 2.24) is 4.57 Å². The van der Waals surface area contributed by atoms with E-state index in [2.05, 4.69) is 283 Å². The van der Waals surface area contributed by atoms with Gasteiger partial charge in [-0.15, -0.1) is 0 Å². The molecule has 3 aliphatic rings. The molecule has 0 unspecified atom stereocenters. The summed E-state index contributed by atoms with van der Waals surface area (Å²) in [5.41, 5.74) is 31.6. The van der Waals surface area contributed by atoms with Crippen molar-refractivity contribution in [2.45, 2.75) is 57.8 Å². The molecule has 362 valence electrons. The highest BCUT2D eigenvalue weighted by Gasteiger charge is 2.38. The molecular weight excluding hydrogens is 915 g/mol. The summed E-state index contributed by atoms with van der Waals surface area (Å²) in [5, 5.41) is 2.50. The molecule has 1 aromatic heterocycles. The fraction of sp³-hybridized carbons (Fsp3) is 0.120. The van der Waals surface area contributed by atoms with Crippen molar-refractivity contribution < 1.29 is 0 Å². The molecule has 0 radical (unpaired) electrons. The van der Waals surface area contributed by atoms with E-state index in [0.29, 0.717) is 0 Å². The van der Waals surface area contributed by atoms with E-state index in [1.54, 1.807) is 0 Å². The van der Waals surface area contributed by atoms with Crippen molar-refractivity contribution >= 4 is 21.8 Å². The summed E-state index contributed by atoms with van der Waals surface area (Å²) < 4.78 is 2.43. The first-order valence-corrected chi connectivity index (χ1v) is 27.1. The van der Waals surface area contributed by atoms with Crippen molar-refractivity contribution in [2.24, 2.45) is 0 Å². The minimum absolute atomic E-state index is 0.120. The van der Waals surface area contributed by atoms with Crippen molar-refractivity contribution in [2.75, 3.05) is 0 Å². The lowest BCUT2D eigenvalue weighted by Crippen LogP contribution is -2.15. The molecule has 15 rings (SSSR count). The number of fused-ring (bicyclic) bond motifs is 12. The van der Waals surface area contributed by atoms with Crippen LogP contribution in [0.5, 0.6) is 0 Å². The van der Waals surface area contributed by atoms with Gasteiger partial charge < -0.3 is 4.57 Å². The van der Waals surface area contributed by atoms with E-state index >= 15 is 0 Å².